The average molecular weight is 351 g/mol. The summed E-state index contributed by atoms with van der Waals surface area (Å²) in [6.07, 6.45) is 2.42. The molecule has 1 heterocycles. The van der Waals surface area contributed by atoms with Gasteiger partial charge in [-0.2, -0.15) is 0 Å². The van der Waals surface area contributed by atoms with Crippen molar-refractivity contribution in [2.45, 2.75) is 43.8 Å². The number of anilines is 1. The molecule has 1 saturated carbocycles. The number of ether oxygens (including phenoxy) is 1. The van der Waals surface area contributed by atoms with Crippen LogP contribution in [0.4, 0.5) is 18.9 Å². The Labute approximate surface area is 138 Å². The van der Waals surface area contributed by atoms with Gasteiger partial charge in [0, 0.05) is 18.2 Å². The third kappa shape index (κ3) is 4.29. The molecule has 128 valence electrons. The zero-order valence-electron chi connectivity index (χ0n) is 12.3. The molecule has 1 aliphatic heterocycles. The molecule has 0 aromatic heterocycles. The summed E-state index contributed by atoms with van der Waals surface area (Å²) in [4.78, 5) is 11.9. The molecule has 3 rings (SSSR count). The monoisotopic (exact) mass is 350 g/mol. The Balaban J connectivity index is 0.00000192. The molecule has 1 aliphatic carbocycles. The van der Waals surface area contributed by atoms with E-state index in [0.717, 1.165) is 25.3 Å². The molecule has 1 amide bonds. The van der Waals surface area contributed by atoms with Crippen LogP contribution < -0.4 is 15.4 Å². The second kappa shape index (κ2) is 6.97. The highest BCUT2D eigenvalue weighted by Crippen LogP contribution is 2.29. The molecule has 0 spiro atoms. The molecule has 2 fully saturated rings. The van der Waals surface area contributed by atoms with Crippen LogP contribution >= 0.6 is 12.4 Å². The number of rotatable bonds is 4. The normalized spacial score (nSPS) is 22.8. The van der Waals surface area contributed by atoms with Gasteiger partial charge in [0.05, 0.1) is 18.7 Å². The van der Waals surface area contributed by atoms with Gasteiger partial charge >= 0.3 is 0 Å². The van der Waals surface area contributed by atoms with Gasteiger partial charge in [-0.15, -0.1) is 12.4 Å². The first kappa shape index (κ1) is 17.9. The molecule has 2 aliphatic rings. The van der Waals surface area contributed by atoms with Crippen molar-refractivity contribution in [2.75, 3.05) is 11.9 Å². The number of carbonyl (C=O) groups is 1. The summed E-state index contributed by atoms with van der Waals surface area (Å²) in [5.74, 6) is -3.90. The van der Waals surface area contributed by atoms with Crippen LogP contribution in [0.15, 0.2) is 18.2 Å². The second-order valence-electron chi connectivity index (χ2n) is 5.80. The summed E-state index contributed by atoms with van der Waals surface area (Å²) in [5, 5.41) is 4.89. The minimum absolute atomic E-state index is 0. The van der Waals surface area contributed by atoms with Crippen molar-refractivity contribution < 1.29 is 22.7 Å². The van der Waals surface area contributed by atoms with Gasteiger partial charge in [0.15, 0.2) is 11.6 Å². The van der Waals surface area contributed by atoms with Gasteiger partial charge in [-0.05, 0) is 31.4 Å². The molecule has 1 aromatic carbocycles. The molecule has 8 heteroatoms. The van der Waals surface area contributed by atoms with E-state index in [4.69, 9.17) is 4.74 Å². The number of benzene rings is 1. The molecule has 0 bridgehead atoms. The lowest BCUT2D eigenvalue weighted by Gasteiger charge is -2.26. The van der Waals surface area contributed by atoms with Crippen molar-refractivity contribution >= 4 is 24.0 Å². The van der Waals surface area contributed by atoms with E-state index in [1.165, 1.54) is 12.1 Å². The van der Waals surface area contributed by atoms with Crippen LogP contribution in [0.25, 0.3) is 0 Å². The van der Waals surface area contributed by atoms with E-state index < -0.39 is 36.7 Å². The number of hydrogen-bond donors (Lipinski definition) is 2. The van der Waals surface area contributed by atoms with Crippen LogP contribution in [0.3, 0.4) is 0 Å². The number of hydrogen-bond acceptors (Lipinski definition) is 3. The highest BCUT2D eigenvalue weighted by atomic mass is 35.5. The minimum atomic E-state index is -2.88. The van der Waals surface area contributed by atoms with Gasteiger partial charge in [-0.1, -0.05) is 0 Å². The van der Waals surface area contributed by atoms with Crippen LogP contribution in [0, 0.1) is 5.82 Å². The van der Waals surface area contributed by atoms with Gasteiger partial charge in [0.2, 0.25) is 5.91 Å². The number of halogens is 4. The minimum Gasteiger partial charge on any atom is -0.487 e. The highest BCUT2D eigenvalue weighted by Gasteiger charge is 2.42. The van der Waals surface area contributed by atoms with Crippen LogP contribution in [0.5, 0.6) is 5.75 Å². The maximum Gasteiger partial charge on any atom is 0.262 e. The van der Waals surface area contributed by atoms with Gasteiger partial charge in [-0.25, -0.2) is 13.2 Å². The second-order valence-corrected chi connectivity index (χ2v) is 5.80. The Morgan fingerprint density at radius 1 is 1.35 bits per heavy atom. The van der Waals surface area contributed by atoms with Gasteiger partial charge < -0.3 is 10.1 Å². The zero-order valence-corrected chi connectivity index (χ0v) is 13.1. The number of nitrogens with one attached hydrogen (secondary N) is 2. The Kier molecular flexibility index (Phi) is 5.41. The Hall–Kier alpha value is -1.47. The standard InChI is InChI=1S/C15H17F3N2O2.ClH/c16-11-6-9(4-5-13(11)22-10-2-1-3-10)20-14(21)12-7-15(17,18)8-19-12;/h4-6,10,12,19H,1-3,7-8H2,(H,20,21);1H. The zero-order chi connectivity index (χ0) is 15.7. The topological polar surface area (TPSA) is 50.4 Å². The van der Waals surface area contributed by atoms with E-state index >= 15 is 0 Å². The fraction of sp³-hybridized carbons (Fsp3) is 0.533. The molecule has 1 atom stereocenters. The lowest BCUT2D eigenvalue weighted by Crippen LogP contribution is -2.35. The van der Waals surface area contributed by atoms with Crippen molar-refractivity contribution in [1.29, 1.82) is 0 Å². The predicted octanol–water partition coefficient (Wildman–Crippen LogP) is 3.11. The molecule has 0 radical (unpaired) electrons. The van der Waals surface area contributed by atoms with Crippen LogP contribution in [0.2, 0.25) is 0 Å². The smallest absolute Gasteiger partial charge is 0.262 e. The maximum atomic E-state index is 13.9. The van der Waals surface area contributed by atoms with E-state index in [-0.39, 0.29) is 29.9 Å². The fourth-order valence-corrected chi connectivity index (χ4v) is 2.47. The van der Waals surface area contributed by atoms with Crippen molar-refractivity contribution in [3.63, 3.8) is 0 Å². The molecule has 23 heavy (non-hydrogen) atoms. The quantitative estimate of drug-likeness (QED) is 0.877. The summed E-state index contributed by atoms with van der Waals surface area (Å²) in [6.45, 7) is -0.520. The van der Waals surface area contributed by atoms with E-state index in [1.807, 2.05) is 0 Å². The fourth-order valence-electron chi connectivity index (χ4n) is 2.47. The van der Waals surface area contributed by atoms with E-state index in [0.29, 0.717) is 0 Å². The average Bonchev–Trinajstić information content (AvgIpc) is 2.76. The maximum absolute atomic E-state index is 13.9. The van der Waals surface area contributed by atoms with Gasteiger partial charge in [0.25, 0.3) is 5.92 Å². The summed E-state index contributed by atoms with van der Waals surface area (Å²) >= 11 is 0. The molecule has 1 unspecified atom stereocenters. The van der Waals surface area contributed by atoms with E-state index in [2.05, 4.69) is 10.6 Å². The van der Waals surface area contributed by atoms with Crippen molar-refractivity contribution in [3.8, 4) is 5.75 Å². The summed E-state index contributed by atoms with van der Waals surface area (Å²) in [5.41, 5.74) is 0.223. The number of carbonyl (C=O) groups excluding carboxylic acids is 1. The SMILES string of the molecule is Cl.O=C(Nc1ccc(OC2CCC2)c(F)c1)C1CC(F)(F)CN1. The molecule has 1 aromatic rings. The predicted molar refractivity (Wildman–Crippen MR) is 81.9 cm³/mol. The third-order valence-corrected chi connectivity index (χ3v) is 3.97. The molecule has 2 N–H and O–H groups in total. The van der Waals surface area contributed by atoms with Crippen LogP contribution in [-0.4, -0.2) is 30.5 Å². The molecule has 4 nitrogen and oxygen atoms in total. The largest absolute Gasteiger partial charge is 0.487 e. The van der Waals surface area contributed by atoms with Crippen molar-refractivity contribution in [2.24, 2.45) is 0 Å². The lowest BCUT2D eigenvalue weighted by atomic mass is 9.96. The third-order valence-electron chi connectivity index (χ3n) is 3.97. The number of alkyl halides is 2. The number of amides is 1. The summed E-state index contributed by atoms with van der Waals surface area (Å²) < 4.78 is 45.5. The van der Waals surface area contributed by atoms with Crippen molar-refractivity contribution in [1.82, 2.24) is 5.32 Å². The Morgan fingerprint density at radius 2 is 2.09 bits per heavy atom. The molecule has 1 saturated heterocycles. The summed E-state index contributed by atoms with van der Waals surface area (Å²) in [7, 11) is 0. The van der Waals surface area contributed by atoms with Crippen LogP contribution in [0.1, 0.15) is 25.7 Å². The highest BCUT2D eigenvalue weighted by molar-refractivity contribution is 5.95. The van der Waals surface area contributed by atoms with E-state index in [9.17, 15) is 18.0 Å². The van der Waals surface area contributed by atoms with E-state index in [1.54, 1.807) is 0 Å². The van der Waals surface area contributed by atoms with Crippen molar-refractivity contribution in [3.05, 3.63) is 24.0 Å². The molecular weight excluding hydrogens is 333 g/mol. The van der Waals surface area contributed by atoms with Gasteiger partial charge in [0.1, 0.15) is 0 Å². The summed E-state index contributed by atoms with van der Waals surface area (Å²) in [6, 6.07) is 3.12. The van der Waals surface area contributed by atoms with Crippen LogP contribution in [-0.2, 0) is 4.79 Å². The first-order valence-corrected chi connectivity index (χ1v) is 7.31. The lowest BCUT2D eigenvalue weighted by molar-refractivity contribution is -0.118. The first-order chi connectivity index (χ1) is 10.4. The Bertz CT molecular complexity index is 582. The van der Waals surface area contributed by atoms with Gasteiger partial charge in [-0.3, -0.25) is 10.1 Å². The molecular formula is C15H18ClF3N2O2. The Morgan fingerprint density at radius 3 is 2.61 bits per heavy atom. The first-order valence-electron chi connectivity index (χ1n) is 7.31.